The molecule has 0 aliphatic heterocycles. The largest absolute Gasteiger partial charge is 0.452 e. The smallest absolute Gasteiger partial charge is 0.339 e. The van der Waals surface area contributed by atoms with E-state index >= 15 is 0 Å². The standard InChI is InChI=1S/C28H28N4O3/c1-4-32(19(2)3)22-11-9-21(10-12-22)30-27(33)18-35-28(34)24-17-26(20-13-15-29-16-14-20)31-25-8-6-5-7-23(24)25/h5-17,19H,4,18H2,1-3H3,(H,30,33). The van der Waals surface area contributed by atoms with Crippen LogP contribution in [0.5, 0.6) is 0 Å². The highest BCUT2D eigenvalue weighted by Gasteiger charge is 2.17. The first-order chi connectivity index (χ1) is 17.0. The Hall–Kier alpha value is -4.26. The number of fused-ring (bicyclic) bond motifs is 1. The molecule has 0 aliphatic carbocycles. The molecule has 1 amide bonds. The minimum Gasteiger partial charge on any atom is -0.452 e. The Kier molecular flexibility index (Phi) is 7.35. The number of nitrogens with one attached hydrogen (secondary N) is 1. The van der Waals surface area contributed by atoms with Crippen LogP contribution in [0.2, 0.25) is 0 Å². The average molecular weight is 469 g/mol. The van der Waals surface area contributed by atoms with Crippen molar-refractivity contribution in [1.29, 1.82) is 0 Å². The number of esters is 1. The van der Waals surface area contributed by atoms with Gasteiger partial charge in [0.15, 0.2) is 6.61 Å². The fraction of sp³-hybridized carbons (Fsp3) is 0.214. The topological polar surface area (TPSA) is 84.4 Å². The van der Waals surface area contributed by atoms with E-state index in [9.17, 15) is 9.59 Å². The summed E-state index contributed by atoms with van der Waals surface area (Å²) in [5.41, 5.74) is 4.21. The average Bonchev–Trinajstić information content (AvgIpc) is 2.88. The lowest BCUT2D eigenvalue weighted by Crippen LogP contribution is -2.30. The summed E-state index contributed by atoms with van der Waals surface area (Å²) in [6.07, 6.45) is 3.34. The van der Waals surface area contributed by atoms with Crippen molar-refractivity contribution in [2.24, 2.45) is 0 Å². The molecule has 0 fully saturated rings. The number of ether oxygens (including phenoxy) is 1. The predicted octanol–water partition coefficient (Wildman–Crippen LogP) is 5.33. The van der Waals surface area contributed by atoms with Gasteiger partial charge in [-0.1, -0.05) is 18.2 Å². The van der Waals surface area contributed by atoms with Gasteiger partial charge in [0.25, 0.3) is 5.91 Å². The molecular formula is C28H28N4O3. The lowest BCUT2D eigenvalue weighted by atomic mass is 10.0. The molecule has 0 bridgehead atoms. The molecule has 4 aromatic rings. The first-order valence-electron chi connectivity index (χ1n) is 11.6. The van der Waals surface area contributed by atoms with Crippen LogP contribution in [0.1, 0.15) is 31.1 Å². The van der Waals surface area contributed by atoms with Crippen LogP contribution in [0.4, 0.5) is 11.4 Å². The summed E-state index contributed by atoms with van der Waals surface area (Å²) in [7, 11) is 0. The van der Waals surface area contributed by atoms with Crippen molar-refractivity contribution < 1.29 is 14.3 Å². The van der Waals surface area contributed by atoms with Gasteiger partial charge < -0.3 is 15.0 Å². The number of anilines is 2. The molecule has 0 saturated heterocycles. The summed E-state index contributed by atoms with van der Waals surface area (Å²) in [5.74, 6) is -0.991. The Balaban J connectivity index is 1.46. The van der Waals surface area contributed by atoms with Crippen molar-refractivity contribution in [3.05, 3.63) is 84.7 Å². The van der Waals surface area contributed by atoms with Crippen molar-refractivity contribution in [3.8, 4) is 11.3 Å². The van der Waals surface area contributed by atoms with Crippen LogP contribution in [0.15, 0.2) is 79.1 Å². The molecular weight excluding hydrogens is 440 g/mol. The number of hydrogen-bond acceptors (Lipinski definition) is 6. The number of para-hydroxylation sites is 1. The van der Waals surface area contributed by atoms with Crippen LogP contribution in [-0.2, 0) is 9.53 Å². The van der Waals surface area contributed by atoms with Crippen LogP contribution >= 0.6 is 0 Å². The third-order valence-corrected chi connectivity index (χ3v) is 5.69. The SMILES string of the molecule is CCN(c1ccc(NC(=O)COC(=O)c2cc(-c3ccncc3)nc3ccccc23)cc1)C(C)C. The predicted molar refractivity (Wildman–Crippen MR) is 138 cm³/mol. The molecule has 0 saturated carbocycles. The van der Waals surface area contributed by atoms with E-state index < -0.39 is 18.5 Å². The second-order valence-electron chi connectivity index (χ2n) is 8.36. The van der Waals surface area contributed by atoms with E-state index in [0.717, 1.165) is 17.8 Å². The molecule has 1 N–H and O–H groups in total. The fourth-order valence-corrected chi connectivity index (χ4v) is 4.00. The zero-order valence-corrected chi connectivity index (χ0v) is 20.1. The molecule has 0 aliphatic rings. The van der Waals surface area contributed by atoms with Gasteiger partial charge in [-0.05, 0) is 69.3 Å². The summed E-state index contributed by atoms with van der Waals surface area (Å²) in [6, 6.07) is 20.7. The van der Waals surface area contributed by atoms with Gasteiger partial charge in [0.1, 0.15) is 0 Å². The maximum absolute atomic E-state index is 13.0. The van der Waals surface area contributed by atoms with Gasteiger partial charge in [0.05, 0.1) is 16.8 Å². The van der Waals surface area contributed by atoms with Gasteiger partial charge in [-0.15, -0.1) is 0 Å². The van der Waals surface area contributed by atoms with Crippen molar-refractivity contribution >= 4 is 34.2 Å². The van der Waals surface area contributed by atoms with E-state index in [1.54, 1.807) is 18.5 Å². The van der Waals surface area contributed by atoms with Gasteiger partial charge in [-0.25, -0.2) is 9.78 Å². The van der Waals surface area contributed by atoms with Gasteiger partial charge in [0.2, 0.25) is 0 Å². The number of amides is 1. The second-order valence-corrected chi connectivity index (χ2v) is 8.36. The monoisotopic (exact) mass is 468 g/mol. The maximum Gasteiger partial charge on any atom is 0.339 e. The lowest BCUT2D eigenvalue weighted by molar-refractivity contribution is -0.119. The molecule has 0 unspecified atom stereocenters. The van der Waals surface area contributed by atoms with E-state index in [2.05, 4.69) is 41.0 Å². The molecule has 2 aromatic carbocycles. The molecule has 2 heterocycles. The molecule has 4 rings (SSSR count). The number of rotatable bonds is 8. The van der Waals surface area contributed by atoms with Crippen LogP contribution in [0, 0.1) is 0 Å². The quantitative estimate of drug-likeness (QED) is 0.352. The highest BCUT2D eigenvalue weighted by atomic mass is 16.5. The minimum atomic E-state index is -0.583. The van der Waals surface area contributed by atoms with Crippen molar-refractivity contribution in [1.82, 2.24) is 9.97 Å². The first-order valence-corrected chi connectivity index (χ1v) is 11.6. The summed E-state index contributed by atoms with van der Waals surface area (Å²) in [4.78, 5) is 36.4. The fourth-order valence-electron chi connectivity index (χ4n) is 4.00. The Morgan fingerprint density at radius 3 is 2.40 bits per heavy atom. The molecule has 0 spiro atoms. The zero-order valence-electron chi connectivity index (χ0n) is 20.1. The number of carbonyl (C=O) groups is 2. The van der Waals surface area contributed by atoms with E-state index in [0.29, 0.717) is 33.9 Å². The van der Waals surface area contributed by atoms with E-state index in [1.165, 1.54) is 0 Å². The molecule has 35 heavy (non-hydrogen) atoms. The Morgan fingerprint density at radius 2 is 1.71 bits per heavy atom. The third kappa shape index (κ3) is 5.63. The van der Waals surface area contributed by atoms with Crippen molar-refractivity contribution in [2.75, 3.05) is 23.4 Å². The van der Waals surface area contributed by atoms with Crippen LogP contribution in [0.25, 0.3) is 22.2 Å². The number of nitrogens with zero attached hydrogens (tertiary/aromatic N) is 3. The molecule has 0 radical (unpaired) electrons. The molecule has 2 aromatic heterocycles. The zero-order chi connectivity index (χ0) is 24.8. The normalized spacial score (nSPS) is 10.9. The van der Waals surface area contributed by atoms with E-state index in [4.69, 9.17) is 4.74 Å². The van der Waals surface area contributed by atoms with Gasteiger partial charge in [-0.3, -0.25) is 9.78 Å². The number of pyridine rings is 2. The number of carbonyl (C=O) groups excluding carboxylic acids is 2. The summed E-state index contributed by atoms with van der Waals surface area (Å²) < 4.78 is 5.37. The minimum absolute atomic E-state index is 0.355. The highest BCUT2D eigenvalue weighted by Crippen LogP contribution is 2.25. The molecule has 7 heteroatoms. The van der Waals surface area contributed by atoms with Crippen LogP contribution < -0.4 is 10.2 Å². The maximum atomic E-state index is 13.0. The number of hydrogen-bond donors (Lipinski definition) is 1. The van der Waals surface area contributed by atoms with Crippen LogP contribution in [-0.4, -0.2) is 41.0 Å². The summed E-state index contributed by atoms with van der Waals surface area (Å²) in [6.45, 7) is 6.88. The van der Waals surface area contributed by atoms with Gasteiger partial charge in [-0.2, -0.15) is 0 Å². The van der Waals surface area contributed by atoms with E-state index in [-0.39, 0.29) is 0 Å². The van der Waals surface area contributed by atoms with Gasteiger partial charge >= 0.3 is 5.97 Å². The molecule has 7 nitrogen and oxygen atoms in total. The highest BCUT2D eigenvalue weighted by molar-refractivity contribution is 6.05. The summed E-state index contributed by atoms with van der Waals surface area (Å²) in [5, 5.41) is 3.45. The van der Waals surface area contributed by atoms with Crippen LogP contribution in [0.3, 0.4) is 0 Å². The molecule has 178 valence electrons. The van der Waals surface area contributed by atoms with Crippen molar-refractivity contribution in [3.63, 3.8) is 0 Å². The van der Waals surface area contributed by atoms with Crippen molar-refractivity contribution in [2.45, 2.75) is 26.8 Å². The number of benzene rings is 2. The second kappa shape index (κ2) is 10.8. The van der Waals surface area contributed by atoms with Gasteiger partial charge in [0, 0.05) is 47.3 Å². The Labute approximate surface area is 204 Å². The Bertz CT molecular complexity index is 1320. The van der Waals surface area contributed by atoms with E-state index in [1.807, 2.05) is 60.7 Å². The number of aromatic nitrogens is 2. The first kappa shape index (κ1) is 23.9. The third-order valence-electron chi connectivity index (χ3n) is 5.69. The summed E-state index contributed by atoms with van der Waals surface area (Å²) >= 11 is 0. The Morgan fingerprint density at radius 1 is 1.00 bits per heavy atom. The lowest BCUT2D eigenvalue weighted by Gasteiger charge is -2.27. The molecule has 0 atom stereocenters.